The van der Waals surface area contributed by atoms with Gasteiger partial charge in [0.2, 0.25) is 10.0 Å². The molecule has 2 aromatic carbocycles. The van der Waals surface area contributed by atoms with E-state index in [0.29, 0.717) is 23.8 Å². The number of nitrogens with zero attached hydrogens (tertiary/aromatic N) is 3. The van der Waals surface area contributed by atoms with Crippen LogP contribution < -0.4 is 9.47 Å². The highest BCUT2D eigenvalue weighted by Crippen LogP contribution is 2.29. The number of aryl methyl sites for hydroxylation is 1. The van der Waals surface area contributed by atoms with Crippen LogP contribution in [0.4, 0.5) is 0 Å². The van der Waals surface area contributed by atoms with E-state index in [-0.39, 0.29) is 13.1 Å². The molecule has 3 aromatic rings. The predicted octanol–water partition coefficient (Wildman–Crippen LogP) is 4.30. The molecule has 0 aliphatic rings. The van der Waals surface area contributed by atoms with Gasteiger partial charge in [-0.05, 0) is 56.2 Å². The minimum atomic E-state index is -3.83. The van der Waals surface area contributed by atoms with Gasteiger partial charge in [0.1, 0.15) is 22.9 Å². The molecule has 188 valence electrons. The van der Waals surface area contributed by atoms with Crippen LogP contribution in [0.1, 0.15) is 42.5 Å². The third-order valence-electron chi connectivity index (χ3n) is 5.73. The number of benzene rings is 2. The summed E-state index contributed by atoms with van der Waals surface area (Å²) in [5, 5.41) is -0.893. The second-order valence-corrected chi connectivity index (χ2v) is 10.5. The first kappa shape index (κ1) is 26.6. The Morgan fingerprint density at radius 1 is 0.857 bits per heavy atom. The lowest BCUT2D eigenvalue weighted by atomic mass is 10.2. The van der Waals surface area contributed by atoms with E-state index in [4.69, 9.17) is 14.2 Å². The van der Waals surface area contributed by atoms with E-state index in [1.807, 2.05) is 62.4 Å². The maximum Gasteiger partial charge on any atom is 0.220 e. The normalized spacial score (nSPS) is 13.4. The lowest BCUT2D eigenvalue weighted by Gasteiger charge is -2.30. The molecule has 0 radical (unpaired) electrons. The average molecular weight is 500 g/mol. The molecule has 0 amide bonds. The van der Waals surface area contributed by atoms with Crippen molar-refractivity contribution in [1.82, 2.24) is 14.3 Å². The van der Waals surface area contributed by atoms with Gasteiger partial charge in [-0.3, -0.25) is 9.97 Å². The summed E-state index contributed by atoms with van der Waals surface area (Å²) in [7, 11) is -0.638. The highest BCUT2D eigenvalue weighted by molar-refractivity contribution is 7.89. The molecule has 35 heavy (non-hydrogen) atoms. The molecule has 0 saturated heterocycles. The van der Waals surface area contributed by atoms with Gasteiger partial charge in [-0.1, -0.05) is 24.3 Å². The molecule has 0 spiro atoms. The first-order chi connectivity index (χ1) is 16.8. The molecule has 0 N–H and O–H groups in total. The maximum absolute atomic E-state index is 14.0. The fourth-order valence-corrected chi connectivity index (χ4v) is 5.35. The van der Waals surface area contributed by atoms with Crippen LogP contribution in [0.5, 0.6) is 11.5 Å². The number of rotatable bonds is 12. The van der Waals surface area contributed by atoms with E-state index in [1.54, 1.807) is 33.5 Å². The molecule has 0 aliphatic carbocycles. The zero-order valence-electron chi connectivity index (χ0n) is 20.8. The molecule has 1 aromatic heterocycles. The number of hydrogen-bond donors (Lipinski definition) is 0. The van der Waals surface area contributed by atoms with Crippen molar-refractivity contribution in [2.45, 2.75) is 45.2 Å². The van der Waals surface area contributed by atoms with Gasteiger partial charge in [0.25, 0.3) is 0 Å². The summed E-state index contributed by atoms with van der Waals surface area (Å²) >= 11 is 0. The van der Waals surface area contributed by atoms with Crippen LogP contribution in [0.25, 0.3) is 0 Å². The van der Waals surface area contributed by atoms with Crippen molar-refractivity contribution in [3.05, 3.63) is 83.4 Å². The molecule has 9 heteroatoms. The number of methoxy groups -OCH3 is 2. The van der Waals surface area contributed by atoms with Crippen molar-refractivity contribution in [3.63, 3.8) is 0 Å². The lowest BCUT2D eigenvalue weighted by Crippen LogP contribution is -2.40. The summed E-state index contributed by atoms with van der Waals surface area (Å²) < 4.78 is 45.8. The fraction of sp³-hybridized carbons (Fsp3) is 0.385. The Morgan fingerprint density at radius 2 is 1.37 bits per heavy atom. The first-order valence-corrected chi connectivity index (χ1v) is 12.9. The number of ether oxygens (including phenoxy) is 3. The van der Waals surface area contributed by atoms with Crippen LogP contribution in [0, 0.1) is 6.92 Å². The first-order valence-electron chi connectivity index (χ1n) is 11.4. The highest BCUT2D eigenvalue weighted by Gasteiger charge is 2.37. The van der Waals surface area contributed by atoms with E-state index in [2.05, 4.69) is 9.97 Å². The summed E-state index contributed by atoms with van der Waals surface area (Å²) in [6.45, 7) is 6.06. The van der Waals surface area contributed by atoms with E-state index in [0.717, 1.165) is 16.8 Å². The maximum atomic E-state index is 14.0. The zero-order chi connectivity index (χ0) is 25.4. The van der Waals surface area contributed by atoms with Gasteiger partial charge in [0, 0.05) is 25.9 Å². The van der Waals surface area contributed by atoms with E-state index in [9.17, 15) is 8.42 Å². The minimum absolute atomic E-state index is 0.196. The minimum Gasteiger partial charge on any atom is -0.497 e. The topological polar surface area (TPSA) is 90.9 Å². The van der Waals surface area contributed by atoms with Crippen LogP contribution in [0.3, 0.4) is 0 Å². The number of hydrogen-bond acceptors (Lipinski definition) is 7. The Kier molecular flexibility index (Phi) is 9.20. The second-order valence-electron chi connectivity index (χ2n) is 8.17. The van der Waals surface area contributed by atoms with Gasteiger partial charge in [-0.25, -0.2) is 8.42 Å². The molecule has 2 atom stereocenters. The van der Waals surface area contributed by atoms with Crippen molar-refractivity contribution in [2.24, 2.45) is 0 Å². The third kappa shape index (κ3) is 6.78. The van der Waals surface area contributed by atoms with Crippen LogP contribution >= 0.6 is 0 Å². The molecule has 0 bridgehead atoms. The molecule has 0 fully saturated rings. The summed E-state index contributed by atoms with van der Waals surface area (Å²) in [4.78, 5) is 8.68. The summed E-state index contributed by atoms with van der Waals surface area (Å²) in [6, 6.07) is 14.8. The van der Waals surface area contributed by atoms with E-state index < -0.39 is 21.4 Å². The monoisotopic (exact) mass is 499 g/mol. The standard InChI is InChI=1S/C26H33N3O5S/c1-6-34-26(25-16-27-19(2)15-28-25)20(3)35(30,31)29(17-21-7-11-23(32-4)12-8-21)18-22-9-13-24(33-5)14-10-22/h7-16,20,26H,6,17-18H2,1-5H3/t20-,26-/m1/s1. The molecule has 8 nitrogen and oxygen atoms in total. The number of aromatic nitrogens is 2. The molecule has 0 aliphatic heterocycles. The van der Waals surface area contributed by atoms with E-state index >= 15 is 0 Å². The van der Waals surface area contributed by atoms with Gasteiger partial charge < -0.3 is 14.2 Å². The molecule has 0 unspecified atom stereocenters. The molecular formula is C26H33N3O5S. The van der Waals surface area contributed by atoms with Crippen LogP contribution in [-0.4, -0.2) is 48.8 Å². The average Bonchev–Trinajstić information content (AvgIpc) is 2.88. The smallest absolute Gasteiger partial charge is 0.220 e. The SMILES string of the molecule is CCO[C@@H](c1cnc(C)cn1)[C@@H](C)S(=O)(=O)N(Cc1ccc(OC)cc1)Cc1ccc(OC)cc1. The number of sulfonamides is 1. The van der Waals surface area contributed by atoms with Crippen molar-refractivity contribution in [1.29, 1.82) is 0 Å². The molecule has 0 saturated carbocycles. The highest BCUT2D eigenvalue weighted by atomic mass is 32.2. The van der Waals surface area contributed by atoms with Crippen molar-refractivity contribution >= 4 is 10.0 Å². The second kappa shape index (κ2) is 12.1. The fourth-order valence-electron chi connectivity index (χ4n) is 3.69. The summed E-state index contributed by atoms with van der Waals surface area (Å²) in [5.74, 6) is 1.42. The van der Waals surface area contributed by atoms with Crippen LogP contribution in [0.15, 0.2) is 60.9 Å². The van der Waals surface area contributed by atoms with Crippen molar-refractivity contribution in [2.75, 3.05) is 20.8 Å². The molecule has 3 rings (SSSR count). The Labute approximate surface area is 207 Å². The Hall–Kier alpha value is -3.01. The third-order valence-corrected chi connectivity index (χ3v) is 7.90. The summed E-state index contributed by atoms with van der Waals surface area (Å²) in [6.07, 6.45) is 2.44. The van der Waals surface area contributed by atoms with Crippen LogP contribution in [0.2, 0.25) is 0 Å². The Balaban J connectivity index is 1.95. The predicted molar refractivity (Wildman–Crippen MR) is 135 cm³/mol. The quantitative estimate of drug-likeness (QED) is 0.367. The largest absolute Gasteiger partial charge is 0.497 e. The molecule has 1 heterocycles. The molecular weight excluding hydrogens is 466 g/mol. The van der Waals surface area contributed by atoms with Gasteiger partial charge in [0.15, 0.2) is 0 Å². The summed E-state index contributed by atoms with van der Waals surface area (Å²) in [5.41, 5.74) is 2.93. The lowest BCUT2D eigenvalue weighted by molar-refractivity contribution is 0.0573. The van der Waals surface area contributed by atoms with Gasteiger partial charge in [0.05, 0.1) is 31.8 Å². The van der Waals surface area contributed by atoms with Crippen molar-refractivity contribution < 1.29 is 22.6 Å². The van der Waals surface area contributed by atoms with Gasteiger partial charge >= 0.3 is 0 Å². The van der Waals surface area contributed by atoms with Crippen molar-refractivity contribution in [3.8, 4) is 11.5 Å². The Morgan fingerprint density at radius 3 is 1.77 bits per heavy atom. The van der Waals surface area contributed by atoms with Gasteiger partial charge in [-0.2, -0.15) is 4.31 Å². The zero-order valence-corrected chi connectivity index (χ0v) is 21.7. The van der Waals surface area contributed by atoms with Crippen LogP contribution in [-0.2, 0) is 27.8 Å². The Bertz CT molecular complexity index is 1120. The van der Waals surface area contributed by atoms with Gasteiger partial charge in [-0.15, -0.1) is 0 Å². The van der Waals surface area contributed by atoms with E-state index in [1.165, 1.54) is 4.31 Å².